The van der Waals surface area contributed by atoms with Gasteiger partial charge in [-0.25, -0.2) is 4.39 Å². The Balaban J connectivity index is 1.33. The Kier molecular flexibility index (Phi) is 6.80. The quantitative estimate of drug-likeness (QED) is 0.256. The number of benzene rings is 2. The van der Waals surface area contributed by atoms with Gasteiger partial charge in [-0.15, -0.1) is 0 Å². The molecule has 0 saturated carbocycles. The number of hydrogen-bond acceptors (Lipinski definition) is 5. The molecule has 184 valence electrons. The number of piperazine rings is 1. The fraction of sp³-hybridized carbons (Fsp3) is 0.259. The molecule has 2 unspecified atom stereocenters. The molecule has 3 heterocycles. The van der Waals surface area contributed by atoms with Gasteiger partial charge in [0.1, 0.15) is 5.82 Å². The molecule has 5 rings (SSSR count). The number of nitro groups is 1. The van der Waals surface area contributed by atoms with E-state index in [0.717, 1.165) is 37.1 Å². The Morgan fingerprint density at radius 3 is 2.53 bits per heavy atom. The predicted octanol–water partition coefficient (Wildman–Crippen LogP) is 5.34. The minimum atomic E-state index is -0.499. The molecule has 2 aliphatic heterocycles. The molecule has 9 heteroatoms. The maximum Gasteiger partial charge on any atom is 0.278 e. The van der Waals surface area contributed by atoms with Crippen molar-refractivity contribution in [1.82, 2.24) is 14.8 Å². The van der Waals surface area contributed by atoms with Gasteiger partial charge in [0.05, 0.1) is 15.5 Å². The van der Waals surface area contributed by atoms with E-state index in [0.29, 0.717) is 17.7 Å². The highest BCUT2D eigenvalue weighted by Gasteiger charge is 2.41. The van der Waals surface area contributed by atoms with Crippen LogP contribution >= 0.6 is 11.6 Å². The van der Waals surface area contributed by atoms with Gasteiger partial charge in [-0.2, -0.15) is 0 Å². The molecule has 0 radical (unpaired) electrons. The number of carbonyl (C=O) groups is 1. The maximum absolute atomic E-state index is 13.2. The second-order valence-electron chi connectivity index (χ2n) is 9.17. The zero-order valence-corrected chi connectivity index (χ0v) is 20.1. The Morgan fingerprint density at radius 1 is 1.17 bits per heavy atom. The first-order valence-electron chi connectivity index (χ1n) is 11.7. The molecule has 36 heavy (non-hydrogen) atoms. The number of carbonyl (C=O) groups excluding carboxylic acids is 1. The number of nitrogens with zero attached hydrogens (tertiary/aromatic N) is 4. The number of halogens is 2. The molecule has 2 aliphatic rings. The zero-order valence-electron chi connectivity index (χ0n) is 19.4. The van der Waals surface area contributed by atoms with Crippen LogP contribution in [-0.4, -0.2) is 50.8 Å². The lowest BCUT2D eigenvalue weighted by Crippen LogP contribution is -2.55. The van der Waals surface area contributed by atoms with Crippen LogP contribution in [-0.2, 0) is 11.3 Å². The summed E-state index contributed by atoms with van der Waals surface area (Å²) in [6, 6.07) is 13.2. The summed E-state index contributed by atoms with van der Waals surface area (Å²) in [7, 11) is 0. The smallest absolute Gasteiger partial charge is 0.278 e. The summed E-state index contributed by atoms with van der Waals surface area (Å²) in [4.78, 5) is 32.7. The molecule has 0 N–H and O–H groups in total. The summed E-state index contributed by atoms with van der Waals surface area (Å²) in [5.41, 5.74) is 2.52. The Bertz CT molecular complexity index is 1300. The monoisotopic (exact) mass is 506 g/mol. The molecule has 2 aromatic carbocycles. The average Bonchev–Trinajstić information content (AvgIpc) is 3.15. The molecular weight excluding hydrogens is 483 g/mol. The van der Waals surface area contributed by atoms with E-state index in [1.165, 1.54) is 30.4 Å². The Labute approximate surface area is 213 Å². The highest BCUT2D eigenvalue weighted by Crippen LogP contribution is 2.35. The van der Waals surface area contributed by atoms with Gasteiger partial charge in [0.15, 0.2) is 0 Å². The van der Waals surface area contributed by atoms with Crippen LogP contribution in [0.1, 0.15) is 24.0 Å². The number of amides is 1. The van der Waals surface area contributed by atoms with Crippen LogP contribution in [0.5, 0.6) is 0 Å². The van der Waals surface area contributed by atoms with E-state index in [9.17, 15) is 19.3 Å². The highest BCUT2D eigenvalue weighted by molar-refractivity contribution is 6.33. The standard InChI is InChI=1S/C27H24ClFN4O3/c28-25-13-26(33(35)36)19(12-24(25)20-2-1-11-30-14-20)5-10-27(34)32-22-8-9-23(32)17-31(16-22)15-18-3-6-21(29)7-4-18/h1-7,10-14,22-23H,8-9,15-17H2. The molecule has 2 bridgehead atoms. The molecule has 7 nitrogen and oxygen atoms in total. The van der Waals surface area contributed by atoms with Crippen LogP contribution in [0.3, 0.4) is 0 Å². The van der Waals surface area contributed by atoms with Gasteiger partial charge in [0, 0.05) is 67.4 Å². The molecule has 3 aromatic rings. The number of likely N-dealkylation sites (tertiary alicyclic amines) is 1. The SMILES string of the molecule is O=C(C=Cc1cc(-c2cccnc2)c(Cl)cc1[N+](=O)[O-])N1C2CCC1CN(Cc1ccc(F)cc1)C2. The van der Waals surface area contributed by atoms with Crippen LogP contribution < -0.4 is 0 Å². The number of rotatable bonds is 6. The second kappa shape index (κ2) is 10.2. The third kappa shape index (κ3) is 5.01. The second-order valence-corrected chi connectivity index (χ2v) is 9.58. The summed E-state index contributed by atoms with van der Waals surface area (Å²) in [5.74, 6) is -0.411. The Morgan fingerprint density at radius 2 is 1.89 bits per heavy atom. The van der Waals surface area contributed by atoms with Gasteiger partial charge >= 0.3 is 0 Å². The number of aromatic nitrogens is 1. The lowest BCUT2D eigenvalue weighted by Gasteiger charge is -2.40. The number of nitro benzene ring substituents is 1. The van der Waals surface area contributed by atoms with Crippen molar-refractivity contribution in [2.75, 3.05) is 13.1 Å². The van der Waals surface area contributed by atoms with E-state index in [4.69, 9.17) is 11.6 Å². The van der Waals surface area contributed by atoms with Gasteiger partial charge in [-0.1, -0.05) is 29.8 Å². The third-order valence-electron chi connectivity index (χ3n) is 6.82. The predicted molar refractivity (Wildman–Crippen MR) is 136 cm³/mol. The van der Waals surface area contributed by atoms with E-state index >= 15 is 0 Å². The topological polar surface area (TPSA) is 79.6 Å². The summed E-state index contributed by atoms with van der Waals surface area (Å²) in [6.07, 6.45) is 8.02. The first-order chi connectivity index (χ1) is 17.4. The summed E-state index contributed by atoms with van der Waals surface area (Å²) < 4.78 is 13.2. The molecule has 0 spiro atoms. The molecule has 2 atom stereocenters. The molecule has 2 fully saturated rings. The van der Waals surface area contributed by atoms with Crippen molar-refractivity contribution in [2.24, 2.45) is 0 Å². The molecule has 1 aromatic heterocycles. The summed E-state index contributed by atoms with van der Waals surface area (Å²) in [6.45, 7) is 2.18. The maximum atomic E-state index is 13.2. The van der Waals surface area contributed by atoms with Gasteiger partial charge in [0.2, 0.25) is 5.91 Å². The molecule has 2 saturated heterocycles. The largest absolute Gasteiger partial charge is 0.331 e. The third-order valence-corrected chi connectivity index (χ3v) is 7.14. The fourth-order valence-electron chi connectivity index (χ4n) is 5.19. The van der Waals surface area contributed by atoms with Gasteiger partial charge in [-0.05, 0) is 48.7 Å². The van der Waals surface area contributed by atoms with Crippen LogP contribution in [0.25, 0.3) is 17.2 Å². The number of fused-ring (bicyclic) bond motifs is 2. The van der Waals surface area contributed by atoms with Crippen molar-refractivity contribution >= 4 is 29.3 Å². The van der Waals surface area contributed by atoms with Gasteiger partial charge in [-0.3, -0.25) is 24.8 Å². The lowest BCUT2D eigenvalue weighted by molar-refractivity contribution is -0.385. The number of pyridine rings is 1. The van der Waals surface area contributed by atoms with Crippen molar-refractivity contribution in [2.45, 2.75) is 31.5 Å². The van der Waals surface area contributed by atoms with Crippen LogP contribution in [0, 0.1) is 15.9 Å². The van der Waals surface area contributed by atoms with Crippen molar-refractivity contribution in [3.63, 3.8) is 0 Å². The summed E-state index contributed by atoms with van der Waals surface area (Å²) >= 11 is 6.34. The van der Waals surface area contributed by atoms with E-state index in [-0.39, 0.29) is 34.5 Å². The van der Waals surface area contributed by atoms with Crippen molar-refractivity contribution in [3.05, 3.63) is 99.1 Å². The first kappa shape index (κ1) is 24.1. The highest BCUT2D eigenvalue weighted by atomic mass is 35.5. The van der Waals surface area contributed by atoms with E-state index < -0.39 is 4.92 Å². The normalized spacial score (nSPS) is 19.7. The van der Waals surface area contributed by atoms with Crippen LogP contribution in [0.15, 0.2) is 67.0 Å². The van der Waals surface area contributed by atoms with Gasteiger partial charge in [0.25, 0.3) is 5.69 Å². The van der Waals surface area contributed by atoms with Gasteiger partial charge < -0.3 is 4.90 Å². The fourth-order valence-corrected chi connectivity index (χ4v) is 5.46. The van der Waals surface area contributed by atoms with E-state index in [2.05, 4.69) is 9.88 Å². The number of hydrogen-bond donors (Lipinski definition) is 0. The zero-order chi connectivity index (χ0) is 25.2. The van der Waals surface area contributed by atoms with Crippen molar-refractivity contribution in [1.29, 1.82) is 0 Å². The summed E-state index contributed by atoms with van der Waals surface area (Å²) in [5, 5.41) is 11.9. The minimum Gasteiger partial charge on any atom is -0.331 e. The minimum absolute atomic E-state index is 0.0764. The van der Waals surface area contributed by atoms with E-state index in [1.54, 1.807) is 36.7 Å². The molecular formula is C27H24ClFN4O3. The molecule has 1 amide bonds. The average molecular weight is 507 g/mol. The Hall–Kier alpha value is -3.62. The van der Waals surface area contributed by atoms with Crippen molar-refractivity contribution in [3.8, 4) is 11.1 Å². The van der Waals surface area contributed by atoms with Crippen LogP contribution in [0.2, 0.25) is 5.02 Å². The molecule has 0 aliphatic carbocycles. The first-order valence-corrected chi connectivity index (χ1v) is 12.1. The lowest BCUT2D eigenvalue weighted by atomic mass is 10.0. The van der Waals surface area contributed by atoms with Crippen molar-refractivity contribution < 1.29 is 14.1 Å². The van der Waals surface area contributed by atoms with Crippen LogP contribution in [0.4, 0.5) is 10.1 Å². The van der Waals surface area contributed by atoms with E-state index in [1.807, 2.05) is 11.0 Å².